The first-order valence-corrected chi connectivity index (χ1v) is 5.07. The van der Waals surface area contributed by atoms with E-state index in [1.807, 2.05) is 0 Å². The monoisotopic (exact) mass is 235 g/mol. The SMILES string of the molecule is Nc1ccccc1OCc1cc(F)cc(F)c1. The maximum Gasteiger partial charge on any atom is 0.142 e. The van der Waals surface area contributed by atoms with Gasteiger partial charge in [0.15, 0.2) is 0 Å². The summed E-state index contributed by atoms with van der Waals surface area (Å²) < 4.78 is 31.2. The Bertz CT molecular complexity index is 508. The van der Waals surface area contributed by atoms with E-state index in [-0.39, 0.29) is 6.61 Å². The van der Waals surface area contributed by atoms with Crippen LogP contribution < -0.4 is 10.5 Å². The van der Waals surface area contributed by atoms with Crippen molar-refractivity contribution in [2.24, 2.45) is 0 Å². The van der Waals surface area contributed by atoms with Crippen molar-refractivity contribution in [2.45, 2.75) is 6.61 Å². The predicted octanol–water partition coefficient (Wildman–Crippen LogP) is 3.13. The standard InChI is InChI=1S/C13H11F2NO/c14-10-5-9(6-11(15)7-10)8-17-13-4-2-1-3-12(13)16/h1-7H,8,16H2. The van der Waals surface area contributed by atoms with E-state index in [2.05, 4.69) is 0 Å². The highest BCUT2D eigenvalue weighted by Gasteiger charge is 2.03. The summed E-state index contributed by atoms with van der Waals surface area (Å²) in [5.74, 6) is -0.744. The lowest BCUT2D eigenvalue weighted by molar-refractivity contribution is 0.306. The molecule has 0 saturated heterocycles. The smallest absolute Gasteiger partial charge is 0.142 e. The molecule has 0 heterocycles. The summed E-state index contributed by atoms with van der Waals surface area (Å²) in [7, 11) is 0. The Morgan fingerprint density at radius 3 is 2.29 bits per heavy atom. The molecule has 2 N–H and O–H groups in total. The minimum absolute atomic E-state index is 0.0723. The van der Waals surface area contributed by atoms with Crippen LogP contribution in [0, 0.1) is 11.6 Å². The van der Waals surface area contributed by atoms with Crippen LogP contribution in [0.3, 0.4) is 0 Å². The van der Waals surface area contributed by atoms with E-state index in [4.69, 9.17) is 10.5 Å². The average molecular weight is 235 g/mol. The van der Waals surface area contributed by atoms with Crippen molar-refractivity contribution < 1.29 is 13.5 Å². The van der Waals surface area contributed by atoms with Crippen molar-refractivity contribution in [3.05, 3.63) is 59.7 Å². The van der Waals surface area contributed by atoms with Crippen LogP contribution in [0.1, 0.15) is 5.56 Å². The summed E-state index contributed by atoms with van der Waals surface area (Å²) in [6.45, 7) is 0.0723. The van der Waals surface area contributed by atoms with Crippen LogP contribution in [0.4, 0.5) is 14.5 Å². The normalized spacial score (nSPS) is 10.2. The van der Waals surface area contributed by atoms with Crippen LogP contribution >= 0.6 is 0 Å². The first-order valence-electron chi connectivity index (χ1n) is 5.07. The van der Waals surface area contributed by atoms with Crippen LogP contribution in [-0.2, 0) is 6.61 Å². The van der Waals surface area contributed by atoms with Gasteiger partial charge in [0, 0.05) is 6.07 Å². The largest absolute Gasteiger partial charge is 0.487 e. The Labute approximate surface area is 97.6 Å². The summed E-state index contributed by atoms with van der Waals surface area (Å²) in [5, 5.41) is 0. The van der Waals surface area contributed by atoms with Crippen molar-refractivity contribution in [1.82, 2.24) is 0 Å². The molecule has 0 aliphatic heterocycles. The Kier molecular flexibility index (Phi) is 3.23. The molecule has 0 unspecified atom stereocenters. The summed E-state index contributed by atoms with van der Waals surface area (Å²) in [6, 6.07) is 10.2. The molecule has 0 bridgehead atoms. The number of hydrogen-bond donors (Lipinski definition) is 1. The molecule has 0 radical (unpaired) electrons. The molecule has 4 heteroatoms. The van der Waals surface area contributed by atoms with Crippen LogP contribution in [0.5, 0.6) is 5.75 Å². The number of hydrogen-bond acceptors (Lipinski definition) is 2. The van der Waals surface area contributed by atoms with Crippen LogP contribution in [0.25, 0.3) is 0 Å². The summed E-state index contributed by atoms with van der Waals surface area (Å²) >= 11 is 0. The zero-order valence-electron chi connectivity index (χ0n) is 8.99. The number of para-hydroxylation sites is 2. The zero-order chi connectivity index (χ0) is 12.3. The lowest BCUT2D eigenvalue weighted by Gasteiger charge is -2.08. The van der Waals surface area contributed by atoms with Gasteiger partial charge >= 0.3 is 0 Å². The third-order valence-corrected chi connectivity index (χ3v) is 2.24. The molecule has 2 aromatic carbocycles. The van der Waals surface area contributed by atoms with E-state index in [9.17, 15) is 8.78 Å². The predicted molar refractivity (Wildman–Crippen MR) is 61.5 cm³/mol. The number of rotatable bonds is 3. The molecule has 2 rings (SSSR count). The highest BCUT2D eigenvalue weighted by molar-refractivity contribution is 5.51. The van der Waals surface area contributed by atoms with Gasteiger partial charge in [-0.25, -0.2) is 8.78 Å². The van der Waals surface area contributed by atoms with Crippen molar-refractivity contribution >= 4 is 5.69 Å². The lowest BCUT2D eigenvalue weighted by Crippen LogP contribution is -1.99. The van der Waals surface area contributed by atoms with Crippen LogP contribution in [-0.4, -0.2) is 0 Å². The molecule has 2 nitrogen and oxygen atoms in total. The van der Waals surface area contributed by atoms with Crippen LogP contribution in [0.15, 0.2) is 42.5 Å². The second-order valence-electron chi connectivity index (χ2n) is 3.60. The minimum Gasteiger partial charge on any atom is -0.487 e. The fraction of sp³-hybridized carbons (Fsp3) is 0.0769. The van der Waals surface area contributed by atoms with Gasteiger partial charge in [-0.2, -0.15) is 0 Å². The molecular formula is C13H11F2NO. The fourth-order valence-corrected chi connectivity index (χ4v) is 1.47. The van der Waals surface area contributed by atoms with Gasteiger partial charge in [0.05, 0.1) is 5.69 Å². The van der Waals surface area contributed by atoms with Gasteiger partial charge in [-0.05, 0) is 29.8 Å². The van der Waals surface area contributed by atoms with Crippen molar-refractivity contribution in [2.75, 3.05) is 5.73 Å². The van der Waals surface area contributed by atoms with Crippen molar-refractivity contribution in [3.8, 4) is 5.75 Å². The third-order valence-electron chi connectivity index (χ3n) is 2.24. The maximum atomic E-state index is 12.9. The molecule has 0 aliphatic carbocycles. The molecule has 0 fully saturated rings. The molecule has 88 valence electrons. The molecule has 0 amide bonds. The van der Waals surface area contributed by atoms with E-state index in [1.165, 1.54) is 12.1 Å². The van der Waals surface area contributed by atoms with E-state index >= 15 is 0 Å². The van der Waals surface area contributed by atoms with Crippen molar-refractivity contribution in [1.29, 1.82) is 0 Å². The summed E-state index contributed by atoms with van der Waals surface area (Å²) in [5.41, 5.74) is 6.58. The summed E-state index contributed by atoms with van der Waals surface area (Å²) in [6.07, 6.45) is 0. The molecule has 0 aromatic heterocycles. The van der Waals surface area contributed by atoms with Gasteiger partial charge < -0.3 is 10.5 Å². The molecule has 0 atom stereocenters. The van der Waals surface area contributed by atoms with Crippen LogP contribution in [0.2, 0.25) is 0 Å². The lowest BCUT2D eigenvalue weighted by atomic mass is 10.2. The Hall–Kier alpha value is -2.10. The molecular weight excluding hydrogens is 224 g/mol. The number of nitrogen functional groups attached to an aromatic ring is 1. The Morgan fingerprint density at radius 1 is 1.00 bits per heavy atom. The van der Waals surface area contributed by atoms with E-state index in [0.29, 0.717) is 17.0 Å². The Balaban J connectivity index is 2.10. The van der Waals surface area contributed by atoms with E-state index < -0.39 is 11.6 Å². The number of halogens is 2. The van der Waals surface area contributed by atoms with E-state index in [0.717, 1.165) is 6.07 Å². The van der Waals surface area contributed by atoms with Gasteiger partial charge in [0.25, 0.3) is 0 Å². The number of nitrogens with two attached hydrogens (primary N) is 1. The first kappa shape index (κ1) is 11.4. The van der Waals surface area contributed by atoms with Gasteiger partial charge in [-0.15, -0.1) is 0 Å². The average Bonchev–Trinajstić information content (AvgIpc) is 2.27. The molecule has 17 heavy (non-hydrogen) atoms. The van der Waals surface area contributed by atoms with E-state index in [1.54, 1.807) is 24.3 Å². The molecule has 0 saturated carbocycles. The Morgan fingerprint density at radius 2 is 1.65 bits per heavy atom. The summed E-state index contributed by atoms with van der Waals surface area (Å²) in [4.78, 5) is 0. The molecule has 0 aliphatic rings. The van der Waals surface area contributed by atoms with Gasteiger partial charge in [-0.1, -0.05) is 12.1 Å². The minimum atomic E-state index is -0.621. The topological polar surface area (TPSA) is 35.2 Å². The highest BCUT2D eigenvalue weighted by atomic mass is 19.1. The quantitative estimate of drug-likeness (QED) is 0.829. The third kappa shape index (κ3) is 2.93. The number of anilines is 1. The highest BCUT2D eigenvalue weighted by Crippen LogP contribution is 2.21. The zero-order valence-corrected chi connectivity index (χ0v) is 8.99. The number of ether oxygens (including phenoxy) is 1. The molecule has 0 spiro atoms. The maximum absolute atomic E-state index is 12.9. The fourth-order valence-electron chi connectivity index (χ4n) is 1.47. The second kappa shape index (κ2) is 4.82. The number of benzene rings is 2. The van der Waals surface area contributed by atoms with Gasteiger partial charge in [0.1, 0.15) is 24.0 Å². The molecule has 2 aromatic rings. The van der Waals surface area contributed by atoms with Crippen molar-refractivity contribution in [3.63, 3.8) is 0 Å². The second-order valence-corrected chi connectivity index (χ2v) is 3.60. The van der Waals surface area contributed by atoms with Gasteiger partial charge in [0.2, 0.25) is 0 Å². The first-order chi connectivity index (χ1) is 8.15. The van der Waals surface area contributed by atoms with Gasteiger partial charge in [-0.3, -0.25) is 0 Å².